The third-order valence-corrected chi connectivity index (χ3v) is 3.52. The standard InChI is InChI=1S/C13H21N3O2/c1-12(2,13(3,4)14)11(18)15-9-6-7-10(17)16(5)8-9/h6-8H,14H2,1-5H3,(H,15,18). The van der Waals surface area contributed by atoms with Crippen molar-refractivity contribution in [3.8, 4) is 0 Å². The van der Waals surface area contributed by atoms with E-state index in [1.54, 1.807) is 33.2 Å². The quantitative estimate of drug-likeness (QED) is 0.844. The molecular formula is C13H21N3O2. The minimum atomic E-state index is -0.721. The summed E-state index contributed by atoms with van der Waals surface area (Å²) in [5, 5.41) is 2.78. The van der Waals surface area contributed by atoms with Gasteiger partial charge in [-0.3, -0.25) is 9.59 Å². The van der Waals surface area contributed by atoms with Crippen molar-refractivity contribution in [1.82, 2.24) is 4.57 Å². The average Bonchev–Trinajstić information content (AvgIpc) is 2.21. The van der Waals surface area contributed by atoms with Gasteiger partial charge in [0.1, 0.15) is 0 Å². The van der Waals surface area contributed by atoms with Crippen LogP contribution in [0.25, 0.3) is 0 Å². The monoisotopic (exact) mass is 251 g/mol. The van der Waals surface area contributed by atoms with Crippen LogP contribution in [0.5, 0.6) is 0 Å². The minimum Gasteiger partial charge on any atom is -0.325 e. The zero-order valence-corrected chi connectivity index (χ0v) is 11.6. The first-order valence-electron chi connectivity index (χ1n) is 5.83. The maximum atomic E-state index is 12.2. The number of hydrogen-bond acceptors (Lipinski definition) is 3. The molecule has 18 heavy (non-hydrogen) atoms. The largest absolute Gasteiger partial charge is 0.325 e. The molecule has 100 valence electrons. The van der Waals surface area contributed by atoms with Gasteiger partial charge in [0.15, 0.2) is 0 Å². The summed E-state index contributed by atoms with van der Waals surface area (Å²) >= 11 is 0. The van der Waals surface area contributed by atoms with Gasteiger partial charge in [0, 0.05) is 24.8 Å². The Morgan fingerprint density at radius 2 is 1.83 bits per heavy atom. The predicted octanol–water partition coefficient (Wildman–Crippen LogP) is 1.09. The fourth-order valence-corrected chi connectivity index (χ4v) is 1.25. The Morgan fingerprint density at radius 3 is 2.28 bits per heavy atom. The summed E-state index contributed by atoms with van der Waals surface area (Å²) in [4.78, 5) is 23.4. The second-order valence-electron chi connectivity index (χ2n) is 5.67. The average molecular weight is 251 g/mol. The third kappa shape index (κ3) is 2.79. The second kappa shape index (κ2) is 4.57. The fraction of sp³-hybridized carbons (Fsp3) is 0.538. The van der Waals surface area contributed by atoms with E-state index in [2.05, 4.69) is 5.32 Å². The van der Waals surface area contributed by atoms with Gasteiger partial charge >= 0.3 is 0 Å². The van der Waals surface area contributed by atoms with Gasteiger partial charge in [-0.1, -0.05) is 0 Å². The van der Waals surface area contributed by atoms with Crippen LogP contribution in [0.3, 0.4) is 0 Å². The van der Waals surface area contributed by atoms with E-state index >= 15 is 0 Å². The number of pyridine rings is 1. The van der Waals surface area contributed by atoms with Crippen molar-refractivity contribution in [1.29, 1.82) is 0 Å². The van der Waals surface area contributed by atoms with Gasteiger partial charge in [0.25, 0.3) is 0 Å². The van der Waals surface area contributed by atoms with Crippen LogP contribution >= 0.6 is 0 Å². The summed E-state index contributed by atoms with van der Waals surface area (Å²) in [6.45, 7) is 7.22. The highest BCUT2D eigenvalue weighted by atomic mass is 16.2. The number of carbonyl (C=O) groups excluding carboxylic acids is 1. The summed E-state index contributed by atoms with van der Waals surface area (Å²) in [6.07, 6.45) is 1.58. The van der Waals surface area contributed by atoms with E-state index in [1.807, 2.05) is 13.8 Å². The highest BCUT2D eigenvalue weighted by Crippen LogP contribution is 2.29. The molecule has 1 heterocycles. The molecule has 1 aromatic rings. The number of nitrogens with one attached hydrogen (secondary N) is 1. The van der Waals surface area contributed by atoms with Crippen molar-refractivity contribution < 1.29 is 4.79 Å². The van der Waals surface area contributed by atoms with Crippen LogP contribution in [0.4, 0.5) is 5.69 Å². The lowest BCUT2D eigenvalue weighted by atomic mass is 9.74. The van der Waals surface area contributed by atoms with Gasteiger partial charge in [0.2, 0.25) is 11.5 Å². The van der Waals surface area contributed by atoms with Crippen molar-refractivity contribution in [2.24, 2.45) is 18.2 Å². The second-order valence-corrected chi connectivity index (χ2v) is 5.67. The number of aromatic nitrogens is 1. The van der Waals surface area contributed by atoms with E-state index in [0.29, 0.717) is 5.69 Å². The molecule has 0 radical (unpaired) electrons. The Labute approximate surface area is 107 Å². The van der Waals surface area contributed by atoms with E-state index in [-0.39, 0.29) is 11.5 Å². The Kier molecular flexibility index (Phi) is 3.67. The summed E-state index contributed by atoms with van der Waals surface area (Å²) in [6, 6.07) is 3.00. The number of nitrogens with zero attached hydrogens (tertiary/aromatic N) is 1. The fourth-order valence-electron chi connectivity index (χ4n) is 1.25. The SMILES string of the molecule is Cn1cc(NC(=O)C(C)(C)C(C)(C)N)ccc1=O. The molecule has 1 rings (SSSR count). The first-order valence-corrected chi connectivity index (χ1v) is 5.83. The molecule has 0 fully saturated rings. The van der Waals surface area contributed by atoms with Crippen LogP contribution in [-0.4, -0.2) is 16.0 Å². The normalized spacial score (nSPS) is 12.3. The number of carbonyl (C=O) groups is 1. The minimum absolute atomic E-state index is 0.119. The van der Waals surface area contributed by atoms with E-state index in [1.165, 1.54) is 10.6 Å². The van der Waals surface area contributed by atoms with Crippen LogP contribution < -0.4 is 16.6 Å². The first kappa shape index (κ1) is 14.4. The van der Waals surface area contributed by atoms with E-state index in [9.17, 15) is 9.59 Å². The molecule has 0 aliphatic rings. The van der Waals surface area contributed by atoms with E-state index in [0.717, 1.165) is 0 Å². The Balaban J connectivity index is 2.95. The molecule has 5 nitrogen and oxygen atoms in total. The van der Waals surface area contributed by atoms with Crippen molar-refractivity contribution in [3.63, 3.8) is 0 Å². The van der Waals surface area contributed by atoms with Gasteiger partial charge in [-0.05, 0) is 33.8 Å². The molecule has 0 spiro atoms. The zero-order valence-electron chi connectivity index (χ0n) is 11.6. The maximum Gasteiger partial charge on any atom is 0.250 e. The molecule has 0 aliphatic heterocycles. The molecule has 0 saturated carbocycles. The third-order valence-electron chi connectivity index (χ3n) is 3.52. The van der Waals surface area contributed by atoms with Gasteiger partial charge in [-0.25, -0.2) is 0 Å². The lowest BCUT2D eigenvalue weighted by molar-refractivity contribution is -0.126. The van der Waals surface area contributed by atoms with E-state index < -0.39 is 11.0 Å². The highest BCUT2D eigenvalue weighted by Gasteiger charge is 2.40. The van der Waals surface area contributed by atoms with Crippen LogP contribution in [0.15, 0.2) is 23.1 Å². The summed E-state index contributed by atoms with van der Waals surface area (Å²) in [7, 11) is 1.63. The Bertz CT molecular complexity index is 510. The summed E-state index contributed by atoms with van der Waals surface area (Å²) in [5.41, 5.74) is 5.11. The molecule has 0 unspecified atom stereocenters. The van der Waals surface area contributed by atoms with Gasteiger partial charge in [0.05, 0.1) is 11.1 Å². The van der Waals surface area contributed by atoms with Crippen LogP contribution in [0.2, 0.25) is 0 Å². The number of aryl methyl sites for hydroxylation is 1. The van der Waals surface area contributed by atoms with Crippen molar-refractivity contribution >= 4 is 11.6 Å². The number of rotatable bonds is 3. The molecule has 0 atom stereocenters. The van der Waals surface area contributed by atoms with Gasteiger partial charge in [-0.15, -0.1) is 0 Å². The topological polar surface area (TPSA) is 77.1 Å². The van der Waals surface area contributed by atoms with Crippen molar-refractivity contribution in [2.45, 2.75) is 33.2 Å². The van der Waals surface area contributed by atoms with Crippen molar-refractivity contribution in [2.75, 3.05) is 5.32 Å². The Hall–Kier alpha value is -1.62. The molecule has 0 aromatic carbocycles. The molecule has 0 bridgehead atoms. The van der Waals surface area contributed by atoms with Gasteiger partial charge < -0.3 is 15.6 Å². The summed E-state index contributed by atoms with van der Waals surface area (Å²) in [5.74, 6) is -0.173. The lowest BCUT2D eigenvalue weighted by Crippen LogP contribution is -2.53. The number of nitrogens with two attached hydrogens (primary N) is 1. The molecule has 3 N–H and O–H groups in total. The van der Waals surface area contributed by atoms with E-state index in [4.69, 9.17) is 5.73 Å². The molecule has 5 heteroatoms. The highest BCUT2D eigenvalue weighted by molar-refractivity contribution is 5.95. The van der Waals surface area contributed by atoms with Crippen LogP contribution in [0, 0.1) is 5.41 Å². The van der Waals surface area contributed by atoms with Crippen LogP contribution in [-0.2, 0) is 11.8 Å². The number of hydrogen-bond donors (Lipinski definition) is 2. The lowest BCUT2D eigenvalue weighted by Gasteiger charge is -2.36. The summed E-state index contributed by atoms with van der Waals surface area (Å²) < 4.78 is 1.41. The van der Waals surface area contributed by atoms with Crippen LogP contribution in [0.1, 0.15) is 27.7 Å². The first-order chi connectivity index (χ1) is 8.05. The molecular weight excluding hydrogens is 230 g/mol. The Morgan fingerprint density at radius 1 is 1.28 bits per heavy atom. The smallest absolute Gasteiger partial charge is 0.250 e. The number of amides is 1. The molecule has 0 aliphatic carbocycles. The molecule has 0 saturated heterocycles. The zero-order chi connectivity index (χ0) is 14.1. The maximum absolute atomic E-state index is 12.2. The predicted molar refractivity (Wildman–Crippen MR) is 72.4 cm³/mol. The molecule has 1 amide bonds. The number of anilines is 1. The van der Waals surface area contributed by atoms with Crippen molar-refractivity contribution in [3.05, 3.63) is 28.7 Å². The molecule has 1 aromatic heterocycles. The van der Waals surface area contributed by atoms with Gasteiger partial charge in [-0.2, -0.15) is 0 Å².